The minimum absolute atomic E-state index is 0.135. The molecule has 0 bridgehead atoms. The van der Waals surface area contributed by atoms with Gasteiger partial charge in [0.2, 0.25) is 0 Å². The highest BCUT2D eigenvalue weighted by molar-refractivity contribution is 5.94. The molecule has 1 saturated carbocycles. The summed E-state index contributed by atoms with van der Waals surface area (Å²) < 4.78 is 25.7. The van der Waals surface area contributed by atoms with Gasteiger partial charge in [-0.15, -0.1) is 0 Å². The monoisotopic (exact) mass is 383 g/mol. The fourth-order valence-electron chi connectivity index (χ4n) is 3.60. The molecule has 0 spiro atoms. The van der Waals surface area contributed by atoms with E-state index < -0.39 is 5.82 Å². The van der Waals surface area contributed by atoms with Crippen LogP contribution in [-0.4, -0.2) is 36.2 Å². The van der Waals surface area contributed by atoms with Crippen LogP contribution in [0.15, 0.2) is 48.5 Å². The van der Waals surface area contributed by atoms with Crippen LogP contribution >= 0.6 is 0 Å². The summed E-state index contributed by atoms with van der Waals surface area (Å²) in [5.41, 5.74) is 1.12. The van der Waals surface area contributed by atoms with Gasteiger partial charge in [-0.3, -0.25) is 4.79 Å². The highest BCUT2D eigenvalue weighted by Gasteiger charge is 2.34. The van der Waals surface area contributed by atoms with E-state index in [-0.39, 0.29) is 23.6 Å². The first kappa shape index (κ1) is 18.9. The number of rotatable bonds is 7. The molecule has 0 radical (unpaired) electrons. The molecule has 2 aliphatic rings. The highest BCUT2D eigenvalue weighted by Crippen LogP contribution is 2.31. The number of nitrogens with zero attached hydrogens (tertiary/aromatic N) is 1. The Balaban J connectivity index is 1.43. The summed E-state index contributed by atoms with van der Waals surface area (Å²) in [5, 5.41) is 0. The third-order valence-corrected chi connectivity index (χ3v) is 5.31. The molecule has 0 N–H and O–H groups in total. The summed E-state index contributed by atoms with van der Waals surface area (Å²) in [6.45, 7) is 1.81. The van der Waals surface area contributed by atoms with Gasteiger partial charge in [0.15, 0.2) is 0 Å². The number of amides is 1. The predicted octanol–water partition coefficient (Wildman–Crippen LogP) is 4.58. The third kappa shape index (κ3) is 4.71. The lowest BCUT2D eigenvalue weighted by Gasteiger charge is -2.24. The molecule has 0 aromatic heterocycles. The standard InChI is InChI=1S/C23H26FNO3/c24-22-10-2-1-9-21(22)23(26)25(18-11-12-18)15-17-6-5-8-19(14-17)28-16-20-7-3-4-13-27-20/h1-2,5-6,8-10,14,18,20H,3-4,7,11-13,15-16H2/t20-/m1/s1. The van der Waals surface area contributed by atoms with Crippen molar-refractivity contribution in [1.29, 1.82) is 0 Å². The molecule has 28 heavy (non-hydrogen) atoms. The lowest BCUT2D eigenvalue weighted by atomic mass is 10.1. The van der Waals surface area contributed by atoms with E-state index in [1.807, 2.05) is 24.3 Å². The summed E-state index contributed by atoms with van der Waals surface area (Å²) in [4.78, 5) is 14.7. The second-order valence-corrected chi connectivity index (χ2v) is 7.59. The van der Waals surface area contributed by atoms with Crippen molar-refractivity contribution in [3.63, 3.8) is 0 Å². The van der Waals surface area contributed by atoms with Gasteiger partial charge in [0.05, 0.1) is 11.7 Å². The van der Waals surface area contributed by atoms with Crippen molar-refractivity contribution < 1.29 is 18.7 Å². The molecule has 148 valence electrons. The second kappa shape index (κ2) is 8.74. The van der Waals surface area contributed by atoms with Crippen LogP contribution in [0.25, 0.3) is 0 Å². The van der Waals surface area contributed by atoms with Crippen LogP contribution < -0.4 is 4.74 Å². The average Bonchev–Trinajstić information content (AvgIpc) is 3.57. The van der Waals surface area contributed by atoms with Crippen molar-refractivity contribution in [3.8, 4) is 5.75 Å². The van der Waals surface area contributed by atoms with Gasteiger partial charge in [0.25, 0.3) is 5.91 Å². The van der Waals surface area contributed by atoms with Crippen LogP contribution in [-0.2, 0) is 11.3 Å². The fourth-order valence-corrected chi connectivity index (χ4v) is 3.60. The maximum atomic E-state index is 14.1. The molecule has 4 nitrogen and oxygen atoms in total. The zero-order valence-corrected chi connectivity index (χ0v) is 16.0. The van der Waals surface area contributed by atoms with Crippen LogP contribution in [0.1, 0.15) is 48.0 Å². The Bertz CT molecular complexity index is 815. The predicted molar refractivity (Wildman–Crippen MR) is 105 cm³/mol. The normalized spacial score (nSPS) is 19.2. The van der Waals surface area contributed by atoms with Gasteiger partial charge in [-0.25, -0.2) is 4.39 Å². The maximum Gasteiger partial charge on any atom is 0.257 e. The molecule has 1 atom stereocenters. The van der Waals surface area contributed by atoms with Gasteiger partial charge in [0.1, 0.15) is 18.2 Å². The molecule has 0 unspecified atom stereocenters. The molecule has 2 aromatic rings. The molecule has 1 saturated heterocycles. The Morgan fingerprint density at radius 2 is 1.96 bits per heavy atom. The Labute approximate surface area is 165 Å². The van der Waals surface area contributed by atoms with Gasteiger partial charge in [0, 0.05) is 19.2 Å². The maximum absolute atomic E-state index is 14.1. The van der Waals surface area contributed by atoms with Crippen molar-refractivity contribution in [2.75, 3.05) is 13.2 Å². The van der Waals surface area contributed by atoms with E-state index >= 15 is 0 Å². The first-order valence-electron chi connectivity index (χ1n) is 10.1. The minimum Gasteiger partial charge on any atom is -0.491 e. The van der Waals surface area contributed by atoms with Gasteiger partial charge in [-0.1, -0.05) is 24.3 Å². The molecular formula is C23H26FNO3. The second-order valence-electron chi connectivity index (χ2n) is 7.59. The molecule has 4 rings (SSSR count). The fraction of sp³-hybridized carbons (Fsp3) is 0.435. The Hall–Kier alpha value is -2.40. The number of hydrogen-bond acceptors (Lipinski definition) is 3. The Morgan fingerprint density at radius 1 is 1.11 bits per heavy atom. The van der Waals surface area contributed by atoms with Crippen molar-refractivity contribution in [2.45, 2.75) is 50.8 Å². The molecule has 1 heterocycles. The van der Waals surface area contributed by atoms with Gasteiger partial charge in [-0.2, -0.15) is 0 Å². The molecule has 1 aliphatic heterocycles. The lowest BCUT2D eigenvalue weighted by Crippen LogP contribution is -2.33. The number of ether oxygens (including phenoxy) is 2. The van der Waals surface area contributed by atoms with Crippen molar-refractivity contribution in [3.05, 3.63) is 65.5 Å². The van der Waals surface area contributed by atoms with E-state index in [0.717, 1.165) is 43.6 Å². The molecule has 2 fully saturated rings. The van der Waals surface area contributed by atoms with E-state index in [4.69, 9.17) is 9.47 Å². The highest BCUT2D eigenvalue weighted by atomic mass is 19.1. The van der Waals surface area contributed by atoms with E-state index in [0.29, 0.717) is 13.2 Å². The van der Waals surface area contributed by atoms with E-state index in [1.165, 1.54) is 12.5 Å². The minimum atomic E-state index is -0.470. The number of benzene rings is 2. The quantitative estimate of drug-likeness (QED) is 0.703. The molecule has 5 heteroatoms. The first-order valence-corrected chi connectivity index (χ1v) is 10.1. The average molecular weight is 383 g/mol. The Morgan fingerprint density at radius 3 is 2.71 bits per heavy atom. The molecule has 1 amide bonds. The number of carbonyl (C=O) groups is 1. The number of halogens is 1. The van der Waals surface area contributed by atoms with E-state index in [9.17, 15) is 9.18 Å². The van der Waals surface area contributed by atoms with E-state index in [1.54, 1.807) is 23.1 Å². The van der Waals surface area contributed by atoms with Crippen LogP contribution in [0.4, 0.5) is 4.39 Å². The lowest BCUT2D eigenvalue weighted by molar-refractivity contribution is -0.0110. The first-order chi connectivity index (χ1) is 13.7. The number of hydrogen-bond donors (Lipinski definition) is 0. The zero-order chi connectivity index (χ0) is 19.3. The summed E-state index contributed by atoms with van der Waals surface area (Å²) >= 11 is 0. The van der Waals surface area contributed by atoms with Crippen molar-refractivity contribution in [1.82, 2.24) is 4.90 Å². The van der Waals surface area contributed by atoms with Gasteiger partial charge in [-0.05, 0) is 61.9 Å². The molecular weight excluding hydrogens is 357 g/mol. The third-order valence-electron chi connectivity index (χ3n) is 5.31. The van der Waals surface area contributed by atoms with Crippen molar-refractivity contribution >= 4 is 5.91 Å². The van der Waals surface area contributed by atoms with Crippen LogP contribution in [0.5, 0.6) is 5.75 Å². The van der Waals surface area contributed by atoms with Crippen LogP contribution in [0.2, 0.25) is 0 Å². The van der Waals surface area contributed by atoms with Crippen LogP contribution in [0, 0.1) is 5.82 Å². The summed E-state index contributed by atoms with van der Waals surface area (Å²) in [7, 11) is 0. The zero-order valence-electron chi connectivity index (χ0n) is 16.0. The summed E-state index contributed by atoms with van der Waals surface area (Å²) in [5.74, 6) is 0.0611. The Kier molecular flexibility index (Phi) is 5.91. The number of carbonyl (C=O) groups excluding carboxylic acids is 1. The largest absolute Gasteiger partial charge is 0.491 e. The molecule has 2 aromatic carbocycles. The van der Waals surface area contributed by atoms with Gasteiger partial charge < -0.3 is 14.4 Å². The molecule has 1 aliphatic carbocycles. The van der Waals surface area contributed by atoms with Gasteiger partial charge >= 0.3 is 0 Å². The van der Waals surface area contributed by atoms with Crippen LogP contribution in [0.3, 0.4) is 0 Å². The SMILES string of the molecule is O=C(c1ccccc1F)N(Cc1cccc(OC[C@H]2CCCCO2)c1)C1CC1. The van der Waals surface area contributed by atoms with E-state index in [2.05, 4.69) is 0 Å². The summed E-state index contributed by atoms with van der Waals surface area (Å²) in [6, 6.07) is 14.2. The topological polar surface area (TPSA) is 38.8 Å². The summed E-state index contributed by atoms with van der Waals surface area (Å²) in [6.07, 6.45) is 5.43. The van der Waals surface area contributed by atoms with Crippen molar-refractivity contribution in [2.24, 2.45) is 0 Å². The smallest absolute Gasteiger partial charge is 0.257 e.